The summed E-state index contributed by atoms with van der Waals surface area (Å²) in [6, 6.07) is 1.43. The van der Waals surface area contributed by atoms with E-state index in [0.29, 0.717) is 18.0 Å². The summed E-state index contributed by atoms with van der Waals surface area (Å²) >= 11 is 0. The van der Waals surface area contributed by atoms with E-state index in [-0.39, 0.29) is 6.04 Å². The van der Waals surface area contributed by atoms with E-state index < -0.39 is 0 Å². The smallest absolute Gasteiger partial charge is 0.239 e. The molecule has 0 saturated carbocycles. The van der Waals surface area contributed by atoms with Gasteiger partial charge in [-0.15, -0.1) is 0 Å². The highest BCUT2D eigenvalue weighted by Gasteiger charge is 2.37. The van der Waals surface area contributed by atoms with Crippen LogP contribution in [0.3, 0.4) is 0 Å². The molecule has 3 atom stereocenters. The maximum Gasteiger partial charge on any atom is 0.239 e. The number of likely N-dealkylation sites (tertiary alicyclic amines) is 1. The lowest BCUT2D eigenvalue weighted by Crippen LogP contribution is -2.47. The van der Waals surface area contributed by atoms with Gasteiger partial charge in [0.25, 0.3) is 0 Å². The Kier molecular flexibility index (Phi) is 3.09. The van der Waals surface area contributed by atoms with E-state index in [2.05, 4.69) is 22.2 Å². The van der Waals surface area contributed by atoms with Crippen molar-refractivity contribution in [2.24, 2.45) is 0 Å². The monoisotopic (exact) mass is 237 g/mol. The molecule has 1 N–H and O–H groups in total. The van der Waals surface area contributed by atoms with Gasteiger partial charge < -0.3 is 10.2 Å². The van der Waals surface area contributed by atoms with Crippen LogP contribution >= 0.6 is 0 Å². The number of carbonyl (C=O) groups excluding carboxylic acids is 1. The zero-order valence-corrected chi connectivity index (χ0v) is 10.7. The molecule has 0 spiro atoms. The van der Waals surface area contributed by atoms with Crippen molar-refractivity contribution in [3.63, 3.8) is 0 Å². The van der Waals surface area contributed by atoms with E-state index in [1.54, 1.807) is 0 Å². The number of nitrogens with one attached hydrogen (secondary N) is 1. The van der Waals surface area contributed by atoms with Crippen LogP contribution in [0.4, 0.5) is 0 Å². The van der Waals surface area contributed by atoms with Crippen molar-refractivity contribution in [2.45, 2.75) is 50.2 Å². The normalized spacial score (nSPS) is 38.4. The molecule has 3 fully saturated rings. The Labute approximate surface area is 103 Å². The van der Waals surface area contributed by atoms with Crippen LogP contribution in [0.1, 0.15) is 32.1 Å². The van der Waals surface area contributed by atoms with Crippen molar-refractivity contribution >= 4 is 5.91 Å². The average molecular weight is 237 g/mol. The van der Waals surface area contributed by atoms with E-state index in [4.69, 9.17) is 0 Å². The van der Waals surface area contributed by atoms with E-state index in [1.165, 1.54) is 12.8 Å². The van der Waals surface area contributed by atoms with Crippen molar-refractivity contribution in [3.8, 4) is 0 Å². The van der Waals surface area contributed by atoms with Crippen molar-refractivity contribution in [3.05, 3.63) is 0 Å². The van der Waals surface area contributed by atoms with E-state index in [9.17, 15) is 4.79 Å². The van der Waals surface area contributed by atoms with Gasteiger partial charge in [0.15, 0.2) is 0 Å². The molecule has 0 aromatic carbocycles. The SMILES string of the molecule is CN1C2CCC1CN(C(=O)[C@H]1CCCN1)CC2. The number of hydrogen-bond acceptors (Lipinski definition) is 3. The molecule has 0 aromatic heterocycles. The fraction of sp³-hybridized carbons (Fsp3) is 0.923. The van der Waals surface area contributed by atoms with Crippen molar-refractivity contribution in [1.82, 2.24) is 15.1 Å². The summed E-state index contributed by atoms with van der Waals surface area (Å²) in [6.07, 6.45) is 5.93. The first-order chi connectivity index (χ1) is 8.25. The summed E-state index contributed by atoms with van der Waals surface area (Å²) < 4.78 is 0. The molecular weight excluding hydrogens is 214 g/mol. The van der Waals surface area contributed by atoms with Crippen LogP contribution in [0.25, 0.3) is 0 Å². The maximum atomic E-state index is 12.4. The van der Waals surface area contributed by atoms with Crippen molar-refractivity contribution < 1.29 is 4.79 Å². The number of carbonyl (C=O) groups is 1. The largest absolute Gasteiger partial charge is 0.340 e. The first-order valence-corrected chi connectivity index (χ1v) is 7.00. The highest BCUT2D eigenvalue weighted by molar-refractivity contribution is 5.82. The highest BCUT2D eigenvalue weighted by Crippen LogP contribution is 2.28. The van der Waals surface area contributed by atoms with Gasteiger partial charge in [0, 0.05) is 25.2 Å². The van der Waals surface area contributed by atoms with Gasteiger partial charge in [0.05, 0.1) is 6.04 Å². The van der Waals surface area contributed by atoms with Gasteiger partial charge in [-0.1, -0.05) is 0 Å². The molecule has 17 heavy (non-hydrogen) atoms. The number of fused-ring (bicyclic) bond motifs is 2. The zero-order chi connectivity index (χ0) is 11.8. The molecule has 0 radical (unpaired) electrons. The van der Waals surface area contributed by atoms with Crippen LogP contribution in [-0.4, -0.2) is 60.5 Å². The number of amides is 1. The van der Waals surface area contributed by atoms with Gasteiger partial charge >= 0.3 is 0 Å². The first kappa shape index (κ1) is 11.5. The molecule has 3 aliphatic rings. The number of likely N-dealkylation sites (N-methyl/N-ethyl adjacent to an activating group) is 1. The quantitative estimate of drug-likeness (QED) is 0.718. The Hall–Kier alpha value is -0.610. The third kappa shape index (κ3) is 2.08. The molecule has 3 rings (SSSR count). The lowest BCUT2D eigenvalue weighted by Gasteiger charge is -2.28. The predicted molar refractivity (Wildman–Crippen MR) is 66.8 cm³/mol. The average Bonchev–Trinajstić information content (AvgIpc) is 2.88. The lowest BCUT2D eigenvalue weighted by molar-refractivity contribution is -0.133. The molecule has 96 valence electrons. The van der Waals surface area contributed by atoms with E-state index in [0.717, 1.165) is 38.9 Å². The van der Waals surface area contributed by atoms with Crippen LogP contribution in [0, 0.1) is 0 Å². The molecule has 3 aliphatic heterocycles. The fourth-order valence-corrected chi connectivity index (χ4v) is 3.62. The second-order valence-corrected chi connectivity index (χ2v) is 5.77. The van der Waals surface area contributed by atoms with Crippen molar-refractivity contribution in [2.75, 3.05) is 26.7 Å². The molecule has 1 amide bonds. The van der Waals surface area contributed by atoms with Crippen LogP contribution in [-0.2, 0) is 4.79 Å². The number of nitrogens with zero attached hydrogens (tertiary/aromatic N) is 2. The van der Waals surface area contributed by atoms with Crippen LogP contribution < -0.4 is 5.32 Å². The van der Waals surface area contributed by atoms with Crippen molar-refractivity contribution in [1.29, 1.82) is 0 Å². The summed E-state index contributed by atoms with van der Waals surface area (Å²) in [5, 5.41) is 3.32. The van der Waals surface area contributed by atoms with Gasteiger partial charge in [-0.05, 0) is 45.7 Å². The Balaban J connectivity index is 1.66. The van der Waals surface area contributed by atoms with E-state index in [1.807, 2.05) is 0 Å². The summed E-state index contributed by atoms with van der Waals surface area (Å²) in [6.45, 7) is 2.92. The van der Waals surface area contributed by atoms with Gasteiger partial charge in [0.1, 0.15) is 0 Å². The second-order valence-electron chi connectivity index (χ2n) is 5.77. The van der Waals surface area contributed by atoms with Gasteiger partial charge in [0.2, 0.25) is 5.91 Å². The van der Waals surface area contributed by atoms with Gasteiger partial charge in [-0.25, -0.2) is 0 Å². The minimum Gasteiger partial charge on any atom is -0.340 e. The molecular formula is C13H23N3O. The molecule has 4 nitrogen and oxygen atoms in total. The van der Waals surface area contributed by atoms with E-state index >= 15 is 0 Å². The fourth-order valence-electron chi connectivity index (χ4n) is 3.62. The summed E-state index contributed by atoms with van der Waals surface area (Å²) in [4.78, 5) is 17.0. The summed E-state index contributed by atoms with van der Waals surface area (Å²) in [5.74, 6) is 0.350. The topological polar surface area (TPSA) is 35.6 Å². The maximum absolute atomic E-state index is 12.4. The third-order valence-electron chi connectivity index (χ3n) is 4.82. The minimum absolute atomic E-state index is 0.108. The van der Waals surface area contributed by atoms with Gasteiger partial charge in [-0.3, -0.25) is 9.69 Å². The molecule has 0 aliphatic carbocycles. The van der Waals surface area contributed by atoms with Crippen LogP contribution in [0.2, 0.25) is 0 Å². The third-order valence-corrected chi connectivity index (χ3v) is 4.82. The predicted octanol–water partition coefficient (Wildman–Crippen LogP) is 0.433. The lowest BCUT2D eigenvalue weighted by atomic mass is 10.1. The Morgan fingerprint density at radius 3 is 2.76 bits per heavy atom. The Bertz CT molecular complexity index is 301. The summed E-state index contributed by atoms with van der Waals surface area (Å²) in [7, 11) is 2.23. The van der Waals surface area contributed by atoms with Crippen LogP contribution in [0.5, 0.6) is 0 Å². The first-order valence-electron chi connectivity index (χ1n) is 7.00. The number of rotatable bonds is 1. The zero-order valence-electron chi connectivity index (χ0n) is 10.7. The number of hydrogen-bond donors (Lipinski definition) is 1. The Morgan fingerprint density at radius 1 is 1.18 bits per heavy atom. The summed E-state index contributed by atoms with van der Waals surface area (Å²) in [5.41, 5.74) is 0. The standard InChI is InChI=1S/C13H23N3O/c1-15-10-4-5-11(15)9-16(8-6-10)13(17)12-3-2-7-14-12/h10-12,14H,2-9H2,1H3/t10?,11?,12-/m1/s1. The van der Waals surface area contributed by atoms with Gasteiger partial charge in [-0.2, -0.15) is 0 Å². The molecule has 2 unspecified atom stereocenters. The Morgan fingerprint density at radius 2 is 2.00 bits per heavy atom. The minimum atomic E-state index is 0.108. The second kappa shape index (κ2) is 4.58. The highest BCUT2D eigenvalue weighted by atomic mass is 16.2. The molecule has 0 aromatic rings. The molecule has 3 saturated heterocycles. The molecule has 4 heteroatoms. The van der Waals surface area contributed by atoms with Crippen LogP contribution in [0.15, 0.2) is 0 Å². The molecule has 3 heterocycles. The molecule has 2 bridgehead atoms.